The summed E-state index contributed by atoms with van der Waals surface area (Å²) in [7, 11) is 0. The van der Waals surface area contributed by atoms with Crippen molar-refractivity contribution in [1.29, 1.82) is 0 Å². The molecule has 0 fully saturated rings. The third-order valence-electron chi connectivity index (χ3n) is 4.05. The second-order valence-electron chi connectivity index (χ2n) is 6.01. The Balaban J connectivity index is 1.62. The van der Waals surface area contributed by atoms with Crippen LogP contribution in [-0.4, -0.2) is 11.7 Å². The Morgan fingerprint density at radius 3 is 2.00 bits per heavy atom. The molecule has 2 rings (SSSR count). The van der Waals surface area contributed by atoms with Crippen LogP contribution in [0.3, 0.4) is 0 Å². The predicted molar refractivity (Wildman–Crippen MR) is 95.7 cm³/mol. The largest absolute Gasteiger partial charge is 0.489 e. The Kier molecular flexibility index (Phi) is 8.28. The summed E-state index contributed by atoms with van der Waals surface area (Å²) in [6.45, 7) is 0.951. The molecule has 0 heterocycles. The first-order valence-electron chi connectivity index (χ1n) is 8.75. The molecule has 2 aromatic carbocycles. The number of aryl methyl sites for hydroxylation is 1. The zero-order valence-corrected chi connectivity index (χ0v) is 13.9. The molecule has 124 valence electrons. The molecule has 0 aliphatic rings. The molecular weight excluding hydrogens is 284 g/mol. The highest BCUT2D eigenvalue weighted by Crippen LogP contribution is 2.16. The minimum Gasteiger partial charge on any atom is -0.489 e. The lowest BCUT2D eigenvalue weighted by atomic mass is 10.0. The molecule has 2 aromatic rings. The van der Waals surface area contributed by atoms with E-state index in [1.54, 1.807) is 0 Å². The summed E-state index contributed by atoms with van der Waals surface area (Å²) in [5, 5.41) is 8.73. The molecule has 0 aliphatic heterocycles. The quantitative estimate of drug-likeness (QED) is 0.582. The molecular formula is C21H28O2. The van der Waals surface area contributed by atoms with Gasteiger partial charge in [0, 0.05) is 6.61 Å². The van der Waals surface area contributed by atoms with Gasteiger partial charge in [0.25, 0.3) is 0 Å². The monoisotopic (exact) mass is 312 g/mol. The van der Waals surface area contributed by atoms with Gasteiger partial charge in [0.1, 0.15) is 12.4 Å². The molecule has 23 heavy (non-hydrogen) atoms. The van der Waals surface area contributed by atoms with Crippen LogP contribution in [0.2, 0.25) is 0 Å². The zero-order valence-electron chi connectivity index (χ0n) is 13.9. The van der Waals surface area contributed by atoms with Crippen molar-refractivity contribution in [2.75, 3.05) is 6.61 Å². The standard InChI is InChI=1S/C21H28O2/c22-17-9-4-2-1-3-6-10-19-13-15-21(16-14-19)23-18-20-11-7-5-8-12-20/h5,7-8,11-16,22H,1-4,6,9-10,17-18H2. The molecule has 0 amide bonds. The van der Waals surface area contributed by atoms with Gasteiger partial charge in [0.15, 0.2) is 0 Å². The number of hydrogen-bond donors (Lipinski definition) is 1. The normalized spacial score (nSPS) is 10.7. The highest BCUT2D eigenvalue weighted by Gasteiger charge is 1.98. The third-order valence-corrected chi connectivity index (χ3v) is 4.05. The fraction of sp³-hybridized carbons (Fsp3) is 0.429. The molecule has 0 saturated heterocycles. The van der Waals surface area contributed by atoms with Crippen LogP contribution in [0.15, 0.2) is 54.6 Å². The van der Waals surface area contributed by atoms with Crippen molar-refractivity contribution in [3.05, 3.63) is 65.7 Å². The van der Waals surface area contributed by atoms with Crippen molar-refractivity contribution in [2.45, 2.75) is 51.6 Å². The molecule has 0 atom stereocenters. The number of ether oxygens (including phenoxy) is 1. The molecule has 0 bridgehead atoms. The van der Waals surface area contributed by atoms with Gasteiger partial charge >= 0.3 is 0 Å². The van der Waals surface area contributed by atoms with Crippen LogP contribution in [0.5, 0.6) is 5.75 Å². The third kappa shape index (κ3) is 7.34. The topological polar surface area (TPSA) is 29.5 Å². The average Bonchev–Trinajstić information content (AvgIpc) is 2.61. The summed E-state index contributed by atoms with van der Waals surface area (Å²) in [5.74, 6) is 0.932. The van der Waals surface area contributed by atoms with Gasteiger partial charge < -0.3 is 9.84 Å². The second-order valence-corrected chi connectivity index (χ2v) is 6.01. The molecule has 0 unspecified atom stereocenters. The lowest BCUT2D eigenvalue weighted by molar-refractivity contribution is 0.282. The van der Waals surface area contributed by atoms with E-state index in [-0.39, 0.29) is 0 Å². The maximum atomic E-state index is 8.73. The summed E-state index contributed by atoms with van der Waals surface area (Å²) in [6, 6.07) is 18.7. The van der Waals surface area contributed by atoms with Crippen molar-refractivity contribution in [3.63, 3.8) is 0 Å². The minimum absolute atomic E-state index is 0.332. The molecule has 0 radical (unpaired) electrons. The van der Waals surface area contributed by atoms with Crippen molar-refractivity contribution in [3.8, 4) is 5.75 Å². The summed E-state index contributed by atoms with van der Waals surface area (Å²) in [4.78, 5) is 0. The fourth-order valence-corrected chi connectivity index (χ4v) is 2.64. The van der Waals surface area contributed by atoms with E-state index in [0.29, 0.717) is 13.2 Å². The molecule has 1 N–H and O–H groups in total. The van der Waals surface area contributed by atoms with E-state index in [4.69, 9.17) is 9.84 Å². The molecule has 0 saturated carbocycles. The first-order valence-corrected chi connectivity index (χ1v) is 8.75. The Morgan fingerprint density at radius 2 is 1.30 bits per heavy atom. The average molecular weight is 312 g/mol. The van der Waals surface area contributed by atoms with Crippen molar-refractivity contribution >= 4 is 0 Å². The highest BCUT2D eigenvalue weighted by molar-refractivity contribution is 5.27. The van der Waals surface area contributed by atoms with Crippen LogP contribution in [0.4, 0.5) is 0 Å². The van der Waals surface area contributed by atoms with Crippen LogP contribution in [0.1, 0.15) is 49.7 Å². The van der Waals surface area contributed by atoms with E-state index in [1.165, 1.54) is 36.8 Å². The van der Waals surface area contributed by atoms with E-state index in [1.807, 2.05) is 18.2 Å². The van der Waals surface area contributed by atoms with Gasteiger partial charge in [-0.3, -0.25) is 0 Å². The summed E-state index contributed by atoms with van der Waals surface area (Å²) in [6.07, 6.45) is 8.28. The van der Waals surface area contributed by atoms with Gasteiger partial charge in [-0.1, -0.05) is 68.1 Å². The van der Waals surface area contributed by atoms with Crippen LogP contribution >= 0.6 is 0 Å². The van der Waals surface area contributed by atoms with Gasteiger partial charge in [0.05, 0.1) is 0 Å². The summed E-state index contributed by atoms with van der Waals surface area (Å²) in [5.41, 5.74) is 2.57. The van der Waals surface area contributed by atoms with Gasteiger partial charge in [-0.25, -0.2) is 0 Å². The summed E-state index contributed by atoms with van der Waals surface area (Å²) >= 11 is 0. The molecule has 2 nitrogen and oxygen atoms in total. The van der Waals surface area contributed by atoms with Gasteiger partial charge in [-0.2, -0.15) is 0 Å². The first-order chi connectivity index (χ1) is 11.4. The van der Waals surface area contributed by atoms with Gasteiger partial charge in [0.2, 0.25) is 0 Å². The number of rotatable bonds is 11. The smallest absolute Gasteiger partial charge is 0.119 e. The van der Waals surface area contributed by atoms with Crippen LogP contribution in [0.25, 0.3) is 0 Å². The molecule has 0 spiro atoms. The zero-order chi connectivity index (χ0) is 16.2. The van der Waals surface area contributed by atoms with Gasteiger partial charge in [-0.15, -0.1) is 0 Å². The van der Waals surface area contributed by atoms with Crippen molar-refractivity contribution in [2.24, 2.45) is 0 Å². The Labute approximate surface area is 140 Å². The van der Waals surface area contributed by atoms with E-state index in [2.05, 4.69) is 36.4 Å². The summed E-state index contributed by atoms with van der Waals surface area (Å²) < 4.78 is 5.81. The molecule has 2 heteroatoms. The highest BCUT2D eigenvalue weighted by atomic mass is 16.5. The molecule has 0 aromatic heterocycles. The fourth-order valence-electron chi connectivity index (χ4n) is 2.64. The Bertz CT molecular complexity index is 519. The number of benzene rings is 2. The maximum absolute atomic E-state index is 8.73. The second kappa shape index (κ2) is 10.8. The van der Waals surface area contributed by atoms with E-state index >= 15 is 0 Å². The molecule has 0 aliphatic carbocycles. The van der Waals surface area contributed by atoms with Crippen LogP contribution < -0.4 is 4.74 Å². The number of aliphatic hydroxyl groups is 1. The van der Waals surface area contributed by atoms with Crippen LogP contribution in [-0.2, 0) is 13.0 Å². The maximum Gasteiger partial charge on any atom is 0.119 e. The first kappa shape index (κ1) is 17.6. The number of unbranched alkanes of at least 4 members (excludes halogenated alkanes) is 5. The SMILES string of the molecule is OCCCCCCCCc1ccc(OCc2ccccc2)cc1. The minimum atomic E-state index is 0.332. The lowest BCUT2D eigenvalue weighted by Crippen LogP contribution is -1.95. The van der Waals surface area contributed by atoms with E-state index in [0.717, 1.165) is 25.0 Å². The van der Waals surface area contributed by atoms with E-state index in [9.17, 15) is 0 Å². The van der Waals surface area contributed by atoms with E-state index < -0.39 is 0 Å². The Hall–Kier alpha value is -1.80. The number of aliphatic hydroxyl groups excluding tert-OH is 1. The number of hydrogen-bond acceptors (Lipinski definition) is 2. The van der Waals surface area contributed by atoms with Crippen LogP contribution in [0, 0.1) is 0 Å². The van der Waals surface area contributed by atoms with Crippen molar-refractivity contribution < 1.29 is 9.84 Å². The lowest BCUT2D eigenvalue weighted by Gasteiger charge is -2.07. The predicted octanol–water partition coefficient (Wildman–Crippen LogP) is 5.14. The van der Waals surface area contributed by atoms with Crippen molar-refractivity contribution in [1.82, 2.24) is 0 Å². The van der Waals surface area contributed by atoms with Gasteiger partial charge in [-0.05, 0) is 42.5 Å². The Morgan fingerprint density at radius 1 is 0.652 bits per heavy atom.